The standard InChI is InChI=1S/C20H19F2N3O3/c1-13(14-3-5-15(6-4-14)19(26)28-2)20(27,10-25-12-23-11-24-25)17-8-7-16(21)9-18(17)22/h3-9,11-13,27H,10H2,1-2H3. The molecule has 0 radical (unpaired) electrons. The monoisotopic (exact) mass is 387 g/mol. The lowest BCUT2D eigenvalue weighted by Gasteiger charge is -2.35. The van der Waals surface area contributed by atoms with Crippen LogP contribution >= 0.6 is 0 Å². The third-order valence-corrected chi connectivity index (χ3v) is 4.82. The highest BCUT2D eigenvalue weighted by molar-refractivity contribution is 5.89. The van der Waals surface area contributed by atoms with Gasteiger partial charge in [-0.1, -0.05) is 25.1 Å². The van der Waals surface area contributed by atoms with Crippen molar-refractivity contribution in [1.29, 1.82) is 0 Å². The largest absolute Gasteiger partial charge is 0.465 e. The van der Waals surface area contributed by atoms with Gasteiger partial charge < -0.3 is 9.84 Å². The summed E-state index contributed by atoms with van der Waals surface area (Å²) in [6, 6.07) is 9.49. The second kappa shape index (κ2) is 7.85. The number of ether oxygens (including phenoxy) is 1. The zero-order chi connectivity index (χ0) is 20.3. The summed E-state index contributed by atoms with van der Waals surface area (Å²) in [5, 5.41) is 15.5. The number of hydrogen-bond donors (Lipinski definition) is 1. The third-order valence-electron chi connectivity index (χ3n) is 4.82. The molecule has 3 rings (SSSR count). The van der Waals surface area contributed by atoms with E-state index in [-0.39, 0.29) is 12.1 Å². The number of methoxy groups -OCH3 is 1. The van der Waals surface area contributed by atoms with E-state index in [1.165, 1.54) is 30.5 Å². The van der Waals surface area contributed by atoms with Gasteiger partial charge in [-0.3, -0.25) is 0 Å². The number of carbonyl (C=O) groups excluding carboxylic acids is 1. The molecule has 0 saturated carbocycles. The molecule has 8 heteroatoms. The summed E-state index contributed by atoms with van der Waals surface area (Å²) in [5.41, 5.74) is -0.808. The van der Waals surface area contributed by atoms with E-state index < -0.39 is 29.1 Å². The molecule has 1 heterocycles. The van der Waals surface area contributed by atoms with E-state index in [4.69, 9.17) is 0 Å². The van der Waals surface area contributed by atoms with Gasteiger partial charge in [0.05, 0.1) is 19.2 Å². The van der Waals surface area contributed by atoms with E-state index in [9.17, 15) is 18.7 Å². The number of aliphatic hydroxyl groups is 1. The van der Waals surface area contributed by atoms with E-state index in [2.05, 4.69) is 14.8 Å². The lowest BCUT2D eigenvalue weighted by molar-refractivity contribution is -0.0112. The molecule has 0 bridgehead atoms. The smallest absolute Gasteiger partial charge is 0.337 e. The van der Waals surface area contributed by atoms with Crippen molar-refractivity contribution in [2.45, 2.75) is 25.0 Å². The van der Waals surface area contributed by atoms with Gasteiger partial charge in [0.25, 0.3) is 0 Å². The van der Waals surface area contributed by atoms with Crippen LogP contribution in [0.5, 0.6) is 0 Å². The molecule has 2 aromatic carbocycles. The summed E-state index contributed by atoms with van der Waals surface area (Å²) < 4.78 is 34.0. The first-order valence-electron chi connectivity index (χ1n) is 8.53. The molecule has 0 saturated heterocycles. The third kappa shape index (κ3) is 3.77. The minimum atomic E-state index is -1.75. The van der Waals surface area contributed by atoms with E-state index in [0.717, 1.165) is 12.1 Å². The van der Waals surface area contributed by atoms with Crippen LogP contribution in [0, 0.1) is 11.6 Å². The molecule has 2 unspecified atom stereocenters. The molecule has 0 amide bonds. The summed E-state index contributed by atoms with van der Waals surface area (Å²) in [6.45, 7) is 1.61. The number of esters is 1. The maximum atomic E-state index is 14.6. The Morgan fingerprint density at radius 2 is 1.96 bits per heavy atom. The van der Waals surface area contributed by atoms with Crippen LogP contribution in [0.1, 0.15) is 34.3 Å². The number of aromatic nitrogens is 3. The van der Waals surface area contributed by atoms with Crippen LogP contribution in [0.3, 0.4) is 0 Å². The molecule has 0 spiro atoms. The molecular formula is C20H19F2N3O3. The summed E-state index contributed by atoms with van der Waals surface area (Å²) in [6.07, 6.45) is 2.71. The summed E-state index contributed by atoms with van der Waals surface area (Å²) in [5.74, 6) is -2.70. The van der Waals surface area contributed by atoms with Gasteiger partial charge in [0.2, 0.25) is 0 Å². The first kappa shape index (κ1) is 19.6. The zero-order valence-electron chi connectivity index (χ0n) is 15.3. The van der Waals surface area contributed by atoms with Gasteiger partial charge in [0.15, 0.2) is 0 Å². The molecule has 28 heavy (non-hydrogen) atoms. The highest BCUT2D eigenvalue weighted by Crippen LogP contribution is 2.39. The van der Waals surface area contributed by atoms with Crippen LogP contribution in [-0.4, -0.2) is 33.0 Å². The molecule has 0 aliphatic rings. The average molecular weight is 387 g/mol. The van der Waals surface area contributed by atoms with Crippen molar-refractivity contribution in [3.05, 3.63) is 83.4 Å². The Hall–Kier alpha value is -3.13. The molecule has 146 valence electrons. The lowest BCUT2D eigenvalue weighted by Crippen LogP contribution is -2.38. The van der Waals surface area contributed by atoms with Crippen LogP contribution in [0.4, 0.5) is 8.78 Å². The molecule has 6 nitrogen and oxygen atoms in total. The number of benzene rings is 2. The molecular weight excluding hydrogens is 368 g/mol. The van der Waals surface area contributed by atoms with Crippen LogP contribution in [0.25, 0.3) is 0 Å². The number of nitrogens with zero attached hydrogens (tertiary/aromatic N) is 3. The van der Waals surface area contributed by atoms with Gasteiger partial charge in [-0.2, -0.15) is 5.10 Å². The van der Waals surface area contributed by atoms with Crippen molar-refractivity contribution in [2.24, 2.45) is 0 Å². The summed E-state index contributed by atoms with van der Waals surface area (Å²) in [7, 11) is 1.28. The van der Waals surface area contributed by atoms with Crippen molar-refractivity contribution in [3.8, 4) is 0 Å². The maximum Gasteiger partial charge on any atom is 0.337 e. The van der Waals surface area contributed by atoms with E-state index >= 15 is 0 Å². The Kier molecular flexibility index (Phi) is 5.51. The van der Waals surface area contributed by atoms with Crippen molar-refractivity contribution >= 4 is 5.97 Å². The SMILES string of the molecule is COC(=O)c1ccc(C(C)C(O)(Cn2cncn2)c2ccc(F)cc2F)cc1. The zero-order valence-corrected chi connectivity index (χ0v) is 15.3. The fourth-order valence-corrected chi connectivity index (χ4v) is 3.16. The number of rotatable bonds is 6. The van der Waals surface area contributed by atoms with Gasteiger partial charge in [-0.15, -0.1) is 0 Å². The Morgan fingerprint density at radius 3 is 2.54 bits per heavy atom. The number of hydrogen-bond acceptors (Lipinski definition) is 5. The van der Waals surface area contributed by atoms with E-state index in [1.54, 1.807) is 31.2 Å². The van der Waals surface area contributed by atoms with Gasteiger partial charge in [0, 0.05) is 17.5 Å². The second-order valence-electron chi connectivity index (χ2n) is 6.48. The van der Waals surface area contributed by atoms with E-state index in [1.807, 2.05) is 0 Å². The Bertz CT molecular complexity index is 961. The quantitative estimate of drug-likeness (QED) is 0.658. The van der Waals surface area contributed by atoms with Crippen LogP contribution in [-0.2, 0) is 16.9 Å². The van der Waals surface area contributed by atoms with Crippen LogP contribution in [0.15, 0.2) is 55.1 Å². The minimum absolute atomic E-state index is 0.0612. The number of carbonyl (C=O) groups is 1. The first-order valence-corrected chi connectivity index (χ1v) is 8.53. The van der Waals surface area contributed by atoms with E-state index in [0.29, 0.717) is 11.1 Å². The Labute approximate surface area is 160 Å². The molecule has 3 aromatic rings. The lowest BCUT2D eigenvalue weighted by atomic mass is 9.78. The predicted octanol–water partition coefficient (Wildman–Crippen LogP) is 3.03. The minimum Gasteiger partial charge on any atom is -0.465 e. The molecule has 1 aromatic heterocycles. The van der Waals surface area contributed by atoms with Gasteiger partial charge >= 0.3 is 5.97 Å². The predicted molar refractivity (Wildman–Crippen MR) is 96.5 cm³/mol. The highest BCUT2D eigenvalue weighted by Gasteiger charge is 2.40. The fourth-order valence-electron chi connectivity index (χ4n) is 3.16. The summed E-state index contributed by atoms with van der Waals surface area (Å²) >= 11 is 0. The first-order chi connectivity index (χ1) is 13.3. The molecule has 0 aliphatic heterocycles. The number of halogens is 2. The van der Waals surface area contributed by atoms with Gasteiger partial charge in [-0.25, -0.2) is 23.2 Å². The maximum absolute atomic E-state index is 14.6. The fraction of sp³-hybridized carbons (Fsp3) is 0.250. The topological polar surface area (TPSA) is 77.2 Å². The molecule has 0 aliphatic carbocycles. The van der Waals surface area contributed by atoms with Crippen molar-refractivity contribution in [1.82, 2.24) is 14.8 Å². The molecule has 2 atom stereocenters. The van der Waals surface area contributed by atoms with Crippen molar-refractivity contribution in [3.63, 3.8) is 0 Å². The Morgan fingerprint density at radius 1 is 1.25 bits per heavy atom. The summed E-state index contributed by atoms with van der Waals surface area (Å²) in [4.78, 5) is 15.5. The van der Waals surface area contributed by atoms with Gasteiger partial charge in [-0.05, 0) is 23.8 Å². The Balaban J connectivity index is 2.04. The van der Waals surface area contributed by atoms with Crippen LogP contribution < -0.4 is 0 Å². The highest BCUT2D eigenvalue weighted by atomic mass is 19.1. The van der Waals surface area contributed by atoms with Crippen molar-refractivity contribution < 1.29 is 23.4 Å². The molecule has 0 fully saturated rings. The normalized spacial score (nSPS) is 14.3. The molecule has 1 N–H and O–H groups in total. The van der Waals surface area contributed by atoms with Gasteiger partial charge in [0.1, 0.15) is 29.9 Å². The van der Waals surface area contributed by atoms with Crippen molar-refractivity contribution in [2.75, 3.05) is 7.11 Å². The average Bonchev–Trinajstić information content (AvgIpc) is 3.19. The second-order valence-corrected chi connectivity index (χ2v) is 6.48. The van der Waals surface area contributed by atoms with Crippen LogP contribution in [0.2, 0.25) is 0 Å².